The molecule has 2 rings (SSSR count). The highest BCUT2D eigenvalue weighted by Gasteiger charge is 2.51. The third-order valence-corrected chi connectivity index (χ3v) is 19.3. The number of ether oxygens (including phenoxy) is 4. The third-order valence-electron chi connectivity index (χ3n) is 19.3. The SMILES string of the molecule is CCCCCCCCCCCCCCC/C=C/CC/C=C/CC/C=C/C(O)C(COC1OC(CO)C(OC2OC(CO)C(O)C(O)C2O)C(O)C1O)NC(=O)CCCCCCCCCCCCCCCCCCCCCCCCCCCCCCCCCCCCC. The van der Waals surface area contributed by atoms with Gasteiger partial charge in [-0.15, -0.1) is 0 Å². The highest BCUT2D eigenvalue weighted by atomic mass is 16.7. The minimum absolute atomic E-state index is 0.246. The van der Waals surface area contributed by atoms with Crippen molar-refractivity contribution in [1.29, 1.82) is 0 Å². The lowest BCUT2D eigenvalue weighted by Crippen LogP contribution is -2.65. The summed E-state index contributed by atoms with van der Waals surface area (Å²) in [6.45, 7) is 2.83. The van der Waals surface area contributed by atoms with Gasteiger partial charge in [-0.2, -0.15) is 0 Å². The number of amides is 1. The second kappa shape index (κ2) is 62.7. The molecule has 542 valence electrons. The van der Waals surface area contributed by atoms with E-state index in [4.69, 9.17) is 18.9 Å². The Kier molecular flexibility index (Phi) is 58.8. The minimum atomic E-state index is -1.79. The molecule has 2 heterocycles. The van der Waals surface area contributed by atoms with Crippen LogP contribution in [0.3, 0.4) is 0 Å². The maximum Gasteiger partial charge on any atom is 0.220 e. The Morgan fingerprint density at radius 3 is 1.07 bits per heavy atom. The van der Waals surface area contributed by atoms with Gasteiger partial charge in [0.2, 0.25) is 5.91 Å². The summed E-state index contributed by atoms with van der Waals surface area (Å²) in [5.74, 6) is -0.246. The zero-order valence-corrected chi connectivity index (χ0v) is 59.3. The van der Waals surface area contributed by atoms with Crippen LogP contribution in [0.2, 0.25) is 0 Å². The molecule has 0 spiro atoms. The maximum atomic E-state index is 13.4. The molecule has 2 saturated heterocycles. The van der Waals surface area contributed by atoms with E-state index in [2.05, 4.69) is 43.5 Å². The van der Waals surface area contributed by atoms with E-state index in [1.807, 2.05) is 6.08 Å². The fraction of sp³-hybridized carbons (Fsp3) is 0.910. The van der Waals surface area contributed by atoms with Gasteiger partial charge in [-0.3, -0.25) is 4.79 Å². The van der Waals surface area contributed by atoms with Crippen molar-refractivity contribution < 1.29 is 64.6 Å². The zero-order chi connectivity index (χ0) is 66.6. The maximum absolute atomic E-state index is 13.4. The van der Waals surface area contributed by atoms with E-state index < -0.39 is 86.8 Å². The molecule has 92 heavy (non-hydrogen) atoms. The summed E-state index contributed by atoms with van der Waals surface area (Å²) in [6.07, 6.45) is 65.3. The largest absolute Gasteiger partial charge is 0.394 e. The van der Waals surface area contributed by atoms with Crippen LogP contribution in [0.1, 0.15) is 361 Å². The molecule has 2 aliphatic heterocycles. The molecular weight excluding hydrogens is 1160 g/mol. The molecular formula is C78H147NO13. The van der Waals surface area contributed by atoms with E-state index in [0.717, 1.165) is 44.9 Å². The van der Waals surface area contributed by atoms with Crippen molar-refractivity contribution in [2.75, 3.05) is 19.8 Å². The molecule has 1 amide bonds. The van der Waals surface area contributed by atoms with E-state index in [9.17, 15) is 45.6 Å². The Hall–Kier alpha value is -1.79. The first-order chi connectivity index (χ1) is 45.1. The third kappa shape index (κ3) is 45.7. The Bertz CT molecular complexity index is 1680. The van der Waals surface area contributed by atoms with E-state index in [1.165, 1.54) is 283 Å². The van der Waals surface area contributed by atoms with E-state index in [0.29, 0.717) is 12.8 Å². The molecule has 0 bridgehead atoms. The summed E-state index contributed by atoms with van der Waals surface area (Å²) in [5, 5.41) is 87.5. The van der Waals surface area contributed by atoms with Crippen LogP contribution in [0.5, 0.6) is 0 Å². The van der Waals surface area contributed by atoms with Gasteiger partial charge in [0.1, 0.15) is 48.8 Å². The average Bonchev–Trinajstić information content (AvgIpc) is 0.863. The molecule has 9 N–H and O–H groups in total. The number of nitrogens with one attached hydrogen (secondary N) is 1. The highest BCUT2D eigenvalue weighted by molar-refractivity contribution is 5.76. The van der Waals surface area contributed by atoms with Crippen molar-refractivity contribution in [3.05, 3.63) is 36.5 Å². The topological polar surface area (TPSA) is 228 Å². The van der Waals surface area contributed by atoms with Crippen LogP contribution in [-0.4, -0.2) is 140 Å². The number of allylic oxidation sites excluding steroid dienone is 5. The van der Waals surface area contributed by atoms with Crippen molar-refractivity contribution in [3.8, 4) is 0 Å². The second-order valence-electron chi connectivity index (χ2n) is 27.8. The molecule has 12 atom stereocenters. The number of unbranched alkanes of at least 4 members (excludes halogenated alkanes) is 49. The smallest absolute Gasteiger partial charge is 0.220 e. The fourth-order valence-corrected chi connectivity index (χ4v) is 13.1. The van der Waals surface area contributed by atoms with Crippen LogP contribution in [0.4, 0.5) is 0 Å². The quantitative estimate of drug-likeness (QED) is 0.0204. The minimum Gasteiger partial charge on any atom is -0.394 e. The number of rotatable bonds is 66. The van der Waals surface area contributed by atoms with Gasteiger partial charge in [-0.1, -0.05) is 346 Å². The van der Waals surface area contributed by atoms with Crippen LogP contribution < -0.4 is 5.32 Å². The Morgan fingerprint density at radius 1 is 0.380 bits per heavy atom. The van der Waals surface area contributed by atoms with Crippen molar-refractivity contribution in [1.82, 2.24) is 5.32 Å². The first kappa shape index (κ1) is 86.3. The van der Waals surface area contributed by atoms with Crippen LogP contribution in [0.25, 0.3) is 0 Å². The Labute approximate surface area is 563 Å². The van der Waals surface area contributed by atoms with Crippen LogP contribution in [-0.2, 0) is 23.7 Å². The van der Waals surface area contributed by atoms with Gasteiger partial charge in [0, 0.05) is 6.42 Å². The van der Waals surface area contributed by atoms with Gasteiger partial charge >= 0.3 is 0 Å². The molecule has 14 nitrogen and oxygen atoms in total. The lowest BCUT2D eigenvalue weighted by Gasteiger charge is -2.46. The average molecular weight is 1310 g/mol. The fourth-order valence-electron chi connectivity index (χ4n) is 13.1. The second-order valence-corrected chi connectivity index (χ2v) is 27.8. The van der Waals surface area contributed by atoms with Gasteiger partial charge in [-0.25, -0.2) is 0 Å². The summed E-state index contributed by atoms with van der Waals surface area (Å²) in [7, 11) is 0. The first-order valence-electron chi connectivity index (χ1n) is 39.2. The van der Waals surface area contributed by atoms with Crippen LogP contribution >= 0.6 is 0 Å². The molecule has 0 radical (unpaired) electrons. The monoisotopic (exact) mass is 1310 g/mol. The van der Waals surface area contributed by atoms with E-state index in [1.54, 1.807) is 6.08 Å². The number of aliphatic hydroxyl groups is 8. The summed E-state index contributed by atoms with van der Waals surface area (Å²) in [6, 6.07) is -0.938. The van der Waals surface area contributed by atoms with Gasteiger partial charge in [0.15, 0.2) is 12.6 Å². The van der Waals surface area contributed by atoms with Gasteiger partial charge < -0.3 is 65.1 Å². The van der Waals surface area contributed by atoms with Gasteiger partial charge in [0.05, 0.1) is 32.0 Å². The summed E-state index contributed by atoms with van der Waals surface area (Å²) in [5.41, 5.74) is 0. The van der Waals surface area contributed by atoms with Crippen molar-refractivity contribution in [2.45, 2.75) is 434 Å². The van der Waals surface area contributed by atoms with Gasteiger partial charge in [-0.05, 0) is 44.9 Å². The number of aliphatic hydroxyl groups excluding tert-OH is 8. The van der Waals surface area contributed by atoms with Crippen molar-refractivity contribution >= 4 is 5.91 Å². The highest BCUT2D eigenvalue weighted by Crippen LogP contribution is 2.30. The molecule has 2 fully saturated rings. The molecule has 14 heteroatoms. The standard InChI is InChI=1S/C78H147NO13/c1-3-5-7-9-11-13-15-17-19-21-23-25-27-28-29-30-31-32-33-34-35-36-37-38-40-42-44-46-48-50-52-54-56-58-60-62-70(83)79-66(65-89-77-75(88)73(86)76(69(64-81)91-77)92-78-74(87)72(85)71(84)68(63-80)90-78)67(82)61-59-57-55-53-51-49-47-45-43-41-39-26-24-22-20-18-16-14-12-10-8-6-4-2/h43,45,51,53,59,61,66-69,71-78,80-82,84-88H,3-42,44,46-50,52,54-58,60,62-65H2,1-2H3,(H,79,83)/b45-43+,53-51+,61-59+. The Balaban J connectivity index is 1.62. The lowest BCUT2D eigenvalue weighted by molar-refractivity contribution is -0.359. The van der Waals surface area contributed by atoms with Crippen LogP contribution in [0, 0.1) is 0 Å². The predicted molar refractivity (Wildman–Crippen MR) is 378 cm³/mol. The lowest BCUT2D eigenvalue weighted by atomic mass is 9.97. The summed E-state index contributed by atoms with van der Waals surface area (Å²) < 4.78 is 22.9. The Morgan fingerprint density at radius 2 is 0.696 bits per heavy atom. The molecule has 12 unspecified atom stereocenters. The van der Waals surface area contributed by atoms with E-state index >= 15 is 0 Å². The summed E-state index contributed by atoms with van der Waals surface area (Å²) >= 11 is 0. The molecule has 0 aromatic carbocycles. The van der Waals surface area contributed by atoms with Crippen molar-refractivity contribution in [3.63, 3.8) is 0 Å². The molecule has 0 aliphatic carbocycles. The number of carbonyl (C=O) groups is 1. The van der Waals surface area contributed by atoms with Gasteiger partial charge in [0.25, 0.3) is 0 Å². The number of carbonyl (C=O) groups excluding carboxylic acids is 1. The summed E-state index contributed by atoms with van der Waals surface area (Å²) in [4.78, 5) is 13.4. The number of hydrogen-bond acceptors (Lipinski definition) is 13. The van der Waals surface area contributed by atoms with E-state index in [-0.39, 0.29) is 18.9 Å². The molecule has 2 aliphatic rings. The number of hydrogen-bond donors (Lipinski definition) is 9. The first-order valence-corrected chi connectivity index (χ1v) is 39.2. The normalized spacial score (nSPS) is 22.8. The molecule has 0 saturated carbocycles. The molecule has 0 aromatic heterocycles. The van der Waals surface area contributed by atoms with Crippen LogP contribution in [0.15, 0.2) is 36.5 Å². The molecule has 0 aromatic rings. The zero-order valence-electron chi connectivity index (χ0n) is 59.3. The van der Waals surface area contributed by atoms with Crippen molar-refractivity contribution in [2.24, 2.45) is 0 Å². The predicted octanol–water partition coefficient (Wildman–Crippen LogP) is 17.2.